The van der Waals surface area contributed by atoms with E-state index in [0.717, 1.165) is 16.6 Å². The van der Waals surface area contributed by atoms with Gasteiger partial charge in [-0.2, -0.15) is 5.26 Å². The lowest BCUT2D eigenvalue weighted by molar-refractivity contribution is -0.0395. The molecule has 1 aromatic heterocycles. The molecule has 120 valence electrons. The van der Waals surface area contributed by atoms with Crippen LogP contribution in [0.4, 0.5) is 8.78 Å². The zero-order chi connectivity index (χ0) is 16.4. The molecule has 1 aliphatic heterocycles. The van der Waals surface area contributed by atoms with E-state index in [1.165, 1.54) is 23.5 Å². The Labute approximate surface area is 136 Å². The van der Waals surface area contributed by atoms with Crippen molar-refractivity contribution in [1.82, 2.24) is 9.88 Å². The van der Waals surface area contributed by atoms with Gasteiger partial charge in [0.15, 0.2) is 0 Å². The van der Waals surface area contributed by atoms with Crippen molar-refractivity contribution in [3.8, 4) is 6.07 Å². The van der Waals surface area contributed by atoms with E-state index in [1.807, 2.05) is 11.8 Å². The number of nitriles is 1. The van der Waals surface area contributed by atoms with Crippen LogP contribution in [0, 0.1) is 29.9 Å². The van der Waals surface area contributed by atoms with Gasteiger partial charge < -0.3 is 4.74 Å². The van der Waals surface area contributed by atoms with Gasteiger partial charge in [0.2, 0.25) is 0 Å². The highest BCUT2D eigenvalue weighted by Gasteiger charge is 2.31. The van der Waals surface area contributed by atoms with Crippen LogP contribution >= 0.6 is 11.3 Å². The average molecular weight is 335 g/mol. The molecule has 23 heavy (non-hydrogen) atoms. The molecule has 3 rings (SSSR count). The van der Waals surface area contributed by atoms with E-state index in [9.17, 15) is 14.0 Å². The molecule has 7 heteroatoms. The summed E-state index contributed by atoms with van der Waals surface area (Å²) in [4.78, 5) is 7.04. The van der Waals surface area contributed by atoms with E-state index in [-0.39, 0.29) is 0 Å². The minimum absolute atomic E-state index is 0.314. The van der Waals surface area contributed by atoms with E-state index >= 15 is 0 Å². The Morgan fingerprint density at radius 3 is 2.96 bits per heavy atom. The average Bonchev–Trinajstić information content (AvgIpc) is 2.95. The highest BCUT2D eigenvalue weighted by molar-refractivity contribution is 7.09. The second-order valence-corrected chi connectivity index (χ2v) is 6.24. The predicted octanol–water partition coefficient (Wildman–Crippen LogP) is 3.37. The maximum absolute atomic E-state index is 14.0. The Bertz CT molecular complexity index is 743. The Balaban J connectivity index is 1.83. The third kappa shape index (κ3) is 3.24. The number of aromatic nitrogens is 1. The topological polar surface area (TPSA) is 49.2 Å². The molecule has 0 amide bonds. The molecule has 0 spiro atoms. The molecule has 0 saturated carbocycles. The highest BCUT2D eigenvalue weighted by Crippen LogP contribution is 2.32. The fraction of sp³-hybridized carbons (Fsp3) is 0.375. The van der Waals surface area contributed by atoms with Crippen LogP contribution in [0.5, 0.6) is 0 Å². The fourth-order valence-electron chi connectivity index (χ4n) is 2.73. The van der Waals surface area contributed by atoms with Crippen molar-refractivity contribution in [2.75, 3.05) is 19.7 Å². The van der Waals surface area contributed by atoms with Crippen LogP contribution in [0.2, 0.25) is 0 Å². The summed E-state index contributed by atoms with van der Waals surface area (Å²) in [6.45, 7) is 3.21. The van der Waals surface area contributed by atoms with E-state index < -0.39 is 23.8 Å². The molecule has 2 unspecified atom stereocenters. The second kappa shape index (κ2) is 6.71. The molecule has 1 aromatic carbocycles. The quantitative estimate of drug-likeness (QED) is 0.863. The molecular formula is C16H15F2N3OS. The molecule has 1 fully saturated rings. The van der Waals surface area contributed by atoms with Crippen LogP contribution in [0.1, 0.15) is 28.3 Å². The first-order valence-electron chi connectivity index (χ1n) is 7.20. The van der Waals surface area contributed by atoms with Gasteiger partial charge in [0.05, 0.1) is 34.9 Å². The first-order chi connectivity index (χ1) is 11.1. The lowest BCUT2D eigenvalue weighted by Crippen LogP contribution is -2.40. The molecule has 1 saturated heterocycles. The number of benzene rings is 1. The molecule has 0 aliphatic carbocycles. The second-order valence-electron chi connectivity index (χ2n) is 5.35. The number of nitrogens with zero attached hydrogens (tertiary/aromatic N) is 3. The van der Waals surface area contributed by atoms with Crippen LogP contribution in [-0.2, 0) is 4.74 Å². The molecule has 0 N–H and O–H groups in total. The number of morpholine rings is 1. The monoisotopic (exact) mass is 335 g/mol. The van der Waals surface area contributed by atoms with Gasteiger partial charge >= 0.3 is 0 Å². The summed E-state index contributed by atoms with van der Waals surface area (Å²) in [7, 11) is 0. The summed E-state index contributed by atoms with van der Waals surface area (Å²) in [6.07, 6.45) is -0.520. The van der Waals surface area contributed by atoms with Gasteiger partial charge in [0.25, 0.3) is 0 Å². The van der Waals surface area contributed by atoms with E-state index in [4.69, 9.17) is 4.74 Å². The summed E-state index contributed by atoms with van der Waals surface area (Å²) in [5, 5.41) is 9.55. The van der Waals surface area contributed by atoms with Crippen molar-refractivity contribution < 1.29 is 13.5 Å². The largest absolute Gasteiger partial charge is 0.371 e. The van der Waals surface area contributed by atoms with E-state index in [0.29, 0.717) is 25.3 Å². The van der Waals surface area contributed by atoms with E-state index in [1.54, 1.807) is 5.51 Å². The molecule has 2 aromatic rings. The van der Waals surface area contributed by atoms with Gasteiger partial charge in [0, 0.05) is 24.7 Å². The lowest BCUT2D eigenvalue weighted by Gasteiger charge is -2.35. The van der Waals surface area contributed by atoms with Gasteiger partial charge in [-0.25, -0.2) is 13.8 Å². The normalized spacial score (nSPS) is 20.2. The van der Waals surface area contributed by atoms with Gasteiger partial charge in [-0.05, 0) is 13.0 Å². The third-order valence-electron chi connectivity index (χ3n) is 3.93. The Kier molecular flexibility index (Phi) is 4.66. The summed E-state index contributed by atoms with van der Waals surface area (Å²) in [6, 6.07) is 5.34. The number of thiazole rings is 1. The third-order valence-corrected chi connectivity index (χ3v) is 4.91. The maximum atomic E-state index is 14.0. The zero-order valence-corrected chi connectivity index (χ0v) is 13.3. The van der Waals surface area contributed by atoms with Crippen LogP contribution in [0.25, 0.3) is 0 Å². The van der Waals surface area contributed by atoms with Crippen molar-refractivity contribution in [2.45, 2.75) is 19.1 Å². The van der Waals surface area contributed by atoms with Crippen molar-refractivity contribution in [1.29, 1.82) is 5.26 Å². The molecule has 0 radical (unpaired) electrons. The summed E-state index contributed by atoms with van der Waals surface area (Å²) < 4.78 is 32.7. The molecule has 1 aliphatic rings. The van der Waals surface area contributed by atoms with Crippen molar-refractivity contribution in [3.05, 3.63) is 51.5 Å². The van der Waals surface area contributed by atoms with Gasteiger partial charge in [-0.3, -0.25) is 4.90 Å². The standard InChI is InChI=1S/C16H15F2N3OS/c1-10-16(23-9-20-10)14(7-19)21-4-5-22-15(8-21)12-3-2-11(17)6-13(12)18/h2-3,6,9,14-15H,4-5,8H2,1H3. The van der Waals surface area contributed by atoms with Gasteiger partial charge in [0.1, 0.15) is 17.7 Å². The highest BCUT2D eigenvalue weighted by atomic mass is 32.1. The molecule has 0 bridgehead atoms. The number of hydrogen-bond donors (Lipinski definition) is 0. The van der Waals surface area contributed by atoms with Crippen LogP contribution in [0.15, 0.2) is 23.7 Å². The van der Waals surface area contributed by atoms with Gasteiger partial charge in [-0.1, -0.05) is 6.07 Å². The minimum Gasteiger partial charge on any atom is -0.371 e. The van der Waals surface area contributed by atoms with Crippen molar-refractivity contribution >= 4 is 11.3 Å². The van der Waals surface area contributed by atoms with Crippen LogP contribution in [-0.4, -0.2) is 29.6 Å². The van der Waals surface area contributed by atoms with Gasteiger partial charge in [-0.15, -0.1) is 11.3 Å². The number of halogens is 2. The Morgan fingerprint density at radius 2 is 2.30 bits per heavy atom. The fourth-order valence-corrected chi connectivity index (χ4v) is 3.61. The lowest BCUT2D eigenvalue weighted by atomic mass is 10.1. The smallest absolute Gasteiger partial charge is 0.135 e. The van der Waals surface area contributed by atoms with Crippen LogP contribution < -0.4 is 0 Å². The number of rotatable bonds is 3. The van der Waals surface area contributed by atoms with E-state index in [2.05, 4.69) is 11.1 Å². The Hall–Kier alpha value is -1.88. The molecule has 2 atom stereocenters. The minimum atomic E-state index is -0.626. The maximum Gasteiger partial charge on any atom is 0.135 e. The SMILES string of the molecule is Cc1ncsc1C(C#N)N1CCOC(c2ccc(F)cc2F)C1. The predicted molar refractivity (Wildman–Crippen MR) is 81.8 cm³/mol. The summed E-state index contributed by atoms with van der Waals surface area (Å²) in [5.41, 5.74) is 2.86. The summed E-state index contributed by atoms with van der Waals surface area (Å²) >= 11 is 1.44. The van der Waals surface area contributed by atoms with Crippen molar-refractivity contribution in [3.63, 3.8) is 0 Å². The Morgan fingerprint density at radius 1 is 1.48 bits per heavy atom. The molecule has 4 nitrogen and oxygen atoms in total. The number of hydrogen-bond acceptors (Lipinski definition) is 5. The summed E-state index contributed by atoms with van der Waals surface area (Å²) in [5.74, 6) is -1.24. The van der Waals surface area contributed by atoms with Crippen molar-refractivity contribution in [2.24, 2.45) is 0 Å². The first kappa shape index (κ1) is 16.0. The first-order valence-corrected chi connectivity index (χ1v) is 8.08. The molecular weight excluding hydrogens is 320 g/mol. The van der Waals surface area contributed by atoms with Crippen LogP contribution in [0.3, 0.4) is 0 Å². The number of aryl methyl sites for hydroxylation is 1. The zero-order valence-electron chi connectivity index (χ0n) is 12.5. The number of ether oxygens (including phenoxy) is 1. The molecule has 2 heterocycles.